The van der Waals surface area contributed by atoms with E-state index >= 15 is 0 Å². The fourth-order valence-electron chi connectivity index (χ4n) is 0.675. The molecular weight excluding hydrogens is 132 g/mol. The van der Waals surface area contributed by atoms with Gasteiger partial charge in [-0.2, -0.15) is 0 Å². The van der Waals surface area contributed by atoms with Gasteiger partial charge >= 0.3 is 5.97 Å². The Kier molecular flexibility index (Phi) is 3.46. The van der Waals surface area contributed by atoms with Gasteiger partial charge in [-0.05, 0) is 13.8 Å². The predicted molar refractivity (Wildman–Crippen MR) is 38.3 cm³/mol. The molecule has 0 aliphatic rings. The van der Waals surface area contributed by atoms with Crippen molar-refractivity contribution < 1.29 is 9.90 Å². The van der Waals surface area contributed by atoms with Gasteiger partial charge in [0.05, 0.1) is 0 Å². The van der Waals surface area contributed by atoms with Crippen LogP contribution in [0.2, 0.25) is 0 Å². The maximum absolute atomic E-state index is 10.2. The summed E-state index contributed by atoms with van der Waals surface area (Å²) in [5, 5.41) is 15.4. The second-order valence-electron chi connectivity index (χ2n) is 1.83. The third kappa shape index (κ3) is 2.05. The van der Waals surface area contributed by atoms with Crippen molar-refractivity contribution in [2.75, 3.05) is 13.1 Å². The summed E-state index contributed by atoms with van der Waals surface area (Å²) in [6.07, 6.45) is 0. The van der Waals surface area contributed by atoms with Crippen molar-refractivity contribution in [2.24, 2.45) is 0 Å². The Hall–Kier alpha value is -1.06. The highest BCUT2D eigenvalue weighted by molar-refractivity contribution is 6.32. The summed E-state index contributed by atoms with van der Waals surface area (Å²) in [6, 6.07) is 0. The first-order chi connectivity index (χ1) is 4.63. The van der Waals surface area contributed by atoms with E-state index in [2.05, 4.69) is 0 Å². The minimum atomic E-state index is -1.16. The second-order valence-corrected chi connectivity index (χ2v) is 1.83. The van der Waals surface area contributed by atoms with Gasteiger partial charge in [0.15, 0.2) is 0 Å². The van der Waals surface area contributed by atoms with Gasteiger partial charge in [0.25, 0.3) is 0 Å². The Balaban J connectivity index is 4.02. The van der Waals surface area contributed by atoms with Gasteiger partial charge in [0, 0.05) is 13.1 Å². The summed E-state index contributed by atoms with van der Waals surface area (Å²) in [7, 11) is 0. The lowest BCUT2D eigenvalue weighted by Gasteiger charge is -2.17. The van der Waals surface area contributed by atoms with Gasteiger partial charge in [0.2, 0.25) is 5.84 Å². The normalized spacial score (nSPS) is 9.00. The van der Waals surface area contributed by atoms with Crippen LogP contribution in [0.5, 0.6) is 0 Å². The van der Waals surface area contributed by atoms with E-state index in [4.69, 9.17) is 10.5 Å². The van der Waals surface area contributed by atoms with Crippen molar-refractivity contribution in [2.45, 2.75) is 13.8 Å². The molecule has 0 heterocycles. The van der Waals surface area contributed by atoms with Crippen molar-refractivity contribution in [3.63, 3.8) is 0 Å². The molecule has 0 saturated carbocycles. The number of hydrogen-bond donors (Lipinski definition) is 2. The molecule has 0 aromatic heterocycles. The lowest BCUT2D eigenvalue weighted by molar-refractivity contribution is -0.130. The number of nitrogens with zero attached hydrogens (tertiary/aromatic N) is 1. The van der Waals surface area contributed by atoms with Crippen molar-refractivity contribution in [3.05, 3.63) is 0 Å². The van der Waals surface area contributed by atoms with Crippen LogP contribution in [0.4, 0.5) is 0 Å². The lowest BCUT2D eigenvalue weighted by atomic mass is 10.4. The van der Waals surface area contributed by atoms with Gasteiger partial charge in [-0.3, -0.25) is 5.41 Å². The number of hydrogen-bond acceptors (Lipinski definition) is 2. The van der Waals surface area contributed by atoms with Crippen LogP contribution in [-0.2, 0) is 4.79 Å². The Morgan fingerprint density at radius 1 is 1.50 bits per heavy atom. The van der Waals surface area contributed by atoms with Crippen molar-refractivity contribution in [1.29, 1.82) is 5.41 Å². The number of aliphatic carboxylic acids is 1. The summed E-state index contributed by atoms with van der Waals surface area (Å²) < 4.78 is 0. The van der Waals surface area contributed by atoms with Crippen molar-refractivity contribution in [3.8, 4) is 0 Å². The van der Waals surface area contributed by atoms with E-state index in [1.165, 1.54) is 4.90 Å². The molecule has 4 heteroatoms. The Labute approximate surface area is 60.0 Å². The molecule has 0 saturated heterocycles. The number of nitrogens with one attached hydrogen (secondary N) is 1. The summed E-state index contributed by atoms with van der Waals surface area (Å²) in [5.41, 5.74) is 0. The maximum atomic E-state index is 10.2. The zero-order chi connectivity index (χ0) is 8.15. The first-order valence-corrected chi connectivity index (χ1v) is 3.20. The molecule has 0 aromatic carbocycles. The average Bonchev–Trinajstić information content (AvgIpc) is 1.90. The lowest BCUT2D eigenvalue weighted by Crippen LogP contribution is -2.35. The van der Waals surface area contributed by atoms with Gasteiger partial charge in [0.1, 0.15) is 0 Å². The molecule has 0 atom stereocenters. The topological polar surface area (TPSA) is 64.4 Å². The van der Waals surface area contributed by atoms with Crippen LogP contribution in [0, 0.1) is 5.41 Å². The number of likely N-dealkylation sites (N-methyl/N-ethyl adjacent to an activating group) is 1. The number of rotatable bonds is 2. The quantitative estimate of drug-likeness (QED) is 0.435. The van der Waals surface area contributed by atoms with Crippen LogP contribution in [-0.4, -0.2) is 34.9 Å². The minimum Gasteiger partial charge on any atom is -0.475 e. The van der Waals surface area contributed by atoms with E-state index in [-0.39, 0.29) is 5.84 Å². The molecule has 0 amide bonds. The van der Waals surface area contributed by atoms with Gasteiger partial charge in [-0.25, -0.2) is 4.79 Å². The molecule has 0 unspecified atom stereocenters. The fraction of sp³-hybridized carbons (Fsp3) is 0.667. The molecule has 0 aliphatic carbocycles. The van der Waals surface area contributed by atoms with Crippen molar-refractivity contribution in [1.82, 2.24) is 4.90 Å². The maximum Gasteiger partial charge on any atom is 0.371 e. The van der Waals surface area contributed by atoms with Gasteiger partial charge in [-0.15, -0.1) is 0 Å². The van der Waals surface area contributed by atoms with E-state index in [0.717, 1.165) is 0 Å². The molecule has 58 valence electrons. The third-order valence-corrected chi connectivity index (χ3v) is 1.28. The molecule has 0 radical (unpaired) electrons. The molecule has 0 aliphatic heterocycles. The fourth-order valence-corrected chi connectivity index (χ4v) is 0.675. The summed E-state index contributed by atoms with van der Waals surface area (Å²) in [4.78, 5) is 11.7. The second kappa shape index (κ2) is 3.87. The van der Waals surface area contributed by atoms with E-state index in [1.54, 1.807) is 0 Å². The highest BCUT2D eigenvalue weighted by Crippen LogP contribution is 1.88. The number of amidine groups is 1. The third-order valence-electron chi connectivity index (χ3n) is 1.28. The van der Waals surface area contributed by atoms with Crippen molar-refractivity contribution >= 4 is 11.8 Å². The monoisotopic (exact) mass is 144 g/mol. The number of carboxylic acids is 1. The molecule has 10 heavy (non-hydrogen) atoms. The molecule has 0 fully saturated rings. The van der Waals surface area contributed by atoms with Gasteiger partial charge in [-0.1, -0.05) is 0 Å². The van der Waals surface area contributed by atoms with E-state index in [1.807, 2.05) is 13.8 Å². The molecule has 4 nitrogen and oxygen atoms in total. The number of carboxylic acid groups (broad SMARTS) is 1. The first-order valence-electron chi connectivity index (χ1n) is 3.20. The summed E-state index contributed by atoms with van der Waals surface area (Å²) in [6.45, 7) is 4.78. The highest BCUT2D eigenvalue weighted by Gasteiger charge is 2.11. The van der Waals surface area contributed by atoms with E-state index in [9.17, 15) is 4.79 Å². The predicted octanol–water partition coefficient (Wildman–Crippen LogP) is 0.390. The summed E-state index contributed by atoms with van der Waals surface area (Å²) >= 11 is 0. The molecule has 0 bridgehead atoms. The smallest absolute Gasteiger partial charge is 0.371 e. The van der Waals surface area contributed by atoms with Crippen LogP contribution in [0.1, 0.15) is 13.8 Å². The standard InChI is InChI=1S/C6H12N2O2/c1-3-8(4-2)5(7)6(9)10/h7H,3-4H2,1-2H3,(H,9,10). The zero-order valence-corrected chi connectivity index (χ0v) is 6.22. The SMILES string of the molecule is CCN(CC)C(=N)C(=O)O. The first kappa shape index (κ1) is 8.94. The average molecular weight is 144 g/mol. The van der Waals surface area contributed by atoms with Crippen LogP contribution in [0.15, 0.2) is 0 Å². The molecule has 0 rings (SSSR count). The number of carbonyl (C=O) groups is 1. The Bertz CT molecular complexity index is 141. The Morgan fingerprint density at radius 2 is 1.90 bits per heavy atom. The van der Waals surface area contributed by atoms with Crippen LogP contribution >= 0.6 is 0 Å². The zero-order valence-electron chi connectivity index (χ0n) is 6.22. The summed E-state index contributed by atoms with van der Waals surface area (Å²) in [5.74, 6) is -1.49. The van der Waals surface area contributed by atoms with E-state index < -0.39 is 5.97 Å². The molecule has 0 spiro atoms. The molecular formula is C6H12N2O2. The van der Waals surface area contributed by atoms with Gasteiger partial charge < -0.3 is 10.0 Å². The van der Waals surface area contributed by atoms with Crippen LogP contribution < -0.4 is 0 Å². The molecule has 0 aromatic rings. The van der Waals surface area contributed by atoms with Crippen LogP contribution in [0.25, 0.3) is 0 Å². The minimum absolute atomic E-state index is 0.329. The van der Waals surface area contributed by atoms with E-state index in [0.29, 0.717) is 13.1 Å². The van der Waals surface area contributed by atoms with Crippen LogP contribution in [0.3, 0.4) is 0 Å². The molecule has 2 N–H and O–H groups in total. The Morgan fingerprint density at radius 3 is 2.00 bits per heavy atom. The highest BCUT2D eigenvalue weighted by atomic mass is 16.4. The largest absolute Gasteiger partial charge is 0.475 e.